The molecule has 1 N–H and O–H groups in total. The van der Waals surface area contributed by atoms with Gasteiger partial charge in [0, 0.05) is 24.0 Å². The van der Waals surface area contributed by atoms with Crippen LogP contribution in [0.3, 0.4) is 0 Å². The summed E-state index contributed by atoms with van der Waals surface area (Å²) >= 11 is 0. The monoisotopic (exact) mass is 491 g/mol. The molecule has 10 heteroatoms. The van der Waals surface area contributed by atoms with Gasteiger partial charge in [-0.1, -0.05) is 19.9 Å². The van der Waals surface area contributed by atoms with Gasteiger partial charge in [0.1, 0.15) is 17.4 Å². The Balaban J connectivity index is 1.81. The van der Waals surface area contributed by atoms with Crippen LogP contribution in [0.25, 0.3) is 11.1 Å². The number of cyclic esters (lactones) is 1. The average Bonchev–Trinajstić information content (AvgIpc) is 3.42. The topological polar surface area (TPSA) is 67.4 Å². The molecular weight excluding hydrogens is 466 g/mol. The SMILES string of the molecule is COc1cc(F)c(C(C)C)cc1-c1ccc(C(F)(F)F)cc1CN1C(=O)O[C@H](c2ncc[nH]2)[C@@H]1C. The van der Waals surface area contributed by atoms with Crippen LogP contribution < -0.4 is 4.74 Å². The fraction of sp³-hybridized carbons (Fsp3) is 0.360. The summed E-state index contributed by atoms with van der Waals surface area (Å²) < 4.78 is 66.2. The number of benzene rings is 2. The summed E-state index contributed by atoms with van der Waals surface area (Å²) in [6.45, 7) is 5.22. The average molecular weight is 491 g/mol. The Kier molecular flexibility index (Phi) is 6.48. The third-order valence-corrected chi connectivity index (χ3v) is 6.19. The number of nitrogens with one attached hydrogen (secondary N) is 1. The molecule has 0 spiro atoms. The number of imidazole rings is 1. The van der Waals surface area contributed by atoms with Crippen molar-refractivity contribution in [3.05, 3.63) is 71.1 Å². The lowest BCUT2D eigenvalue weighted by molar-refractivity contribution is -0.137. The molecule has 1 aliphatic rings. The number of hydrogen-bond donors (Lipinski definition) is 1. The maximum atomic E-state index is 14.6. The van der Waals surface area contributed by atoms with Crippen molar-refractivity contribution in [2.75, 3.05) is 7.11 Å². The number of amides is 1. The van der Waals surface area contributed by atoms with E-state index in [2.05, 4.69) is 9.97 Å². The third kappa shape index (κ3) is 4.69. The number of carbonyl (C=O) groups is 1. The summed E-state index contributed by atoms with van der Waals surface area (Å²) in [6, 6.07) is 5.61. The lowest BCUT2D eigenvalue weighted by atomic mass is 9.92. The van der Waals surface area contributed by atoms with E-state index in [0.717, 1.165) is 12.1 Å². The van der Waals surface area contributed by atoms with E-state index in [4.69, 9.17) is 9.47 Å². The first-order valence-corrected chi connectivity index (χ1v) is 11.1. The minimum absolute atomic E-state index is 0.159. The van der Waals surface area contributed by atoms with E-state index in [0.29, 0.717) is 22.5 Å². The van der Waals surface area contributed by atoms with Gasteiger partial charge in [0.15, 0.2) is 6.10 Å². The first-order valence-electron chi connectivity index (χ1n) is 11.1. The van der Waals surface area contributed by atoms with E-state index in [1.165, 1.54) is 30.3 Å². The molecular formula is C25H25F4N3O3. The summed E-state index contributed by atoms with van der Waals surface area (Å²) in [6.07, 6.45) is -2.83. The van der Waals surface area contributed by atoms with Crippen LogP contribution in [0.4, 0.5) is 22.4 Å². The lowest BCUT2D eigenvalue weighted by Crippen LogP contribution is -2.32. The van der Waals surface area contributed by atoms with Crippen LogP contribution in [0.2, 0.25) is 0 Å². The van der Waals surface area contributed by atoms with Crippen LogP contribution in [0.5, 0.6) is 5.75 Å². The molecule has 4 rings (SSSR count). The molecule has 3 aromatic rings. The van der Waals surface area contributed by atoms with Crippen LogP contribution in [-0.4, -0.2) is 34.1 Å². The minimum Gasteiger partial charge on any atom is -0.496 e. The summed E-state index contributed by atoms with van der Waals surface area (Å²) in [5, 5.41) is 0. The van der Waals surface area contributed by atoms with E-state index in [1.807, 2.05) is 13.8 Å². The van der Waals surface area contributed by atoms with Crippen LogP contribution >= 0.6 is 0 Å². The molecule has 6 nitrogen and oxygen atoms in total. The normalized spacial score (nSPS) is 18.3. The second-order valence-corrected chi connectivity index (χ2v) is 8.75. The third-order valence-electron chi connectivity index (χ3n) is 6.19. The first kappa shape index (κ1) is 24.6. The molecule has 0 bridgehead atoms. The maximum absolute atomic E-state index is 14.6. The number of hydrogen-bond acceptors (Lipinski definition) is 4. The Bertz CT molecular complexity index is 1230. The van der Waals surface area contributed by atoms with Crippen molar-refractivity contribution in [3.63, 3.8) is 0 Å². The largest absolute Gasteiger partial charge is 0.496 e. The zero-order valence-corrected chi connectivity index (χ0v) is 19.6. The molecule has 0 saturated carbocycles. The van der Waals surface area contributed by atoms with E-state index >= 15 is 0 Å². The van der Waals surface area contributed by atoms with Crippen LogP contribution in [0, 0.1) is 5.82 Å². The number of nitrogens with zero attached hydrogens (tertiary/aromatic N) is 2. The highest BCUT2D eigenvalue weighted by Crippen LogP contribution is 2.41. The Hall–Kier alpha value is -3.56. The molecule has 2 aromatic carbocycles. The van der Waals surface area contributed by atoms with Gasteiger partial charge in [-0.05, 0) is 47.7 Å². The highest BCUT2D eigenvalue weighted by Gasteiger charge is 2.41. The van der Waals surface area contributed by atoms with Crippen LogP contribution in [0.15, 0.2) is 42.7 Å². The van der Waals surface area contributed by atoms with Gasteiger partial charge in [0.2, 0.25) is 0 Å². The molecule has 1 amide bonds. The van der Waals surface area contributed by atoms with Gasteiger partial charge in [-0.15, -0.1) is 0 Å². The van der Waals surface area contributed by atoms with Crippen molar-refractivity contribution >= 4 is 6.09 Å². The number of alkyl halides is 3. The van der Waals surface area contributed by atoms with E-state index in [9.17, 15) is 22.4 Å². The predicted octanol–water partition coefficient (Wildman–Crippen LogP) is 6.45. The quantitative estimate of drug-likeness (QED) is 0.403. The molecule has 0 aliphatic carbocycles. The van der Waals surface area contributed by atoms with Crippen molar-refractivity contribution in [2.45, 2.75) is 51.6 Å². The fourth-order valence-electron chi connectivity index (χ4n) is 4.27. The van der Waals surface area contributed by atoms with E-state index in [-0.39, 0.29) is 23.8 Å². The first-order chi connectivity index (χ1) is 16.5. The molecule has 1 aliphatic heterocycles. The smallest absolute Gasteiger partial charge is 0.416 e. The lowest BCUT2D eigenvalue weighted by Gasteiger charge is -2.23. The highest BCUT2D eigenvalue weighted by molar-refractivity contribution is 5.76. The molecule has 1 saturated heterocycles. The van der Waals surface area contributed by atoms with Gasteiger partial charge in [0.05, 0.1) is 25.3 Å². The van der Waals surface area contributed by atoms with Gasteiger partial charge >= 0.3 is 12.3 Å². The summed E-state index contributed by atoms with van der Waals surface area (Å²) in [7, 11) is 1.37. The van der Waals surface area contributed by atoms with Crippen molar-refractivity contribution < 1.29 is 31.8 Å². The molecule has 2 heterocycles. The summed E-state index contributed by atoms with van der Waals surface area (Å²) in [4.78, 5) is 21.1. The maximum Gasteiger partial charge on any atom is 0.416 e. The Labute approximate surface area is 199 Å². The number of aromatic nitrogens is 2. The van der Waals surface area contributed by atoms with E-state index in [1.54, 1.807) is 19.2 Å². The van der Waals surface area contributed by atoms with Crippen molar-refractivity contribution in [3.8, 4) is 16.9 Å². The number of aromatic amines is 1. The minimum atomic E-state index is -4.59. The van der Waals surface area contributed by atoms with Gasteiger partial charge in [-0.25, -0.2) is 14.2 Å². The molecule has 2 atom stereocenters. The number of ether oxygens (including phenoxy) is 2. The summed E-state index contributed by atoms with van der Waals surface area (Å²) in [5.74, 6) is -0.00917. The standard InChI is InChI=1S/C25H25F4N3O3/c1-13(2)18-10-19(21(34-4)11-20(18)26)17-6-5-16(25(27,28)29)9-15(17)12-32-14(3)22(35-24(32)33)23-30-7-8-31-23/h5-11,13-14,22H,12H2,1-4H3,(H,30,31)/t14-,22-/m0/s1. The van der Waals surface area contributed by atoms with Gasteiger partial charge < -0.3 is 14.5 Å². The van der Waals surface area contributed by atoms with Gasteiger partial charge in [-0.3, -0.25) is 4.90 Å². The number of carbonyl (C=O) groups excluding carboxylic acids is 1. The van der Waals surface area contributed by atoms with Crippen molar-refractivity contribution in [1.29, 1.82) is 0 Å². The Morgan fingerprint density at radius 3 is 2.54 bits per heavy atom. The second kappa shape index (κ2) is 9.24. The van der Waals surface area contributed by atoms with Crippen molar-refractivity contribution in [2.24, 2.45) is 0 Å². The molecule has 186 valence electrons. The molecule has 0 unspecified atom stereocenters. The highest BCUT2D eigenvalue weighted by atomic mass is 19.4. The number of rotatable bonds is 6. The number of halogens is 4. The van der Waals surface area contributed by atoms with Gasteiger partial charge in [0.25, 0.3) is 0 Å². The molecule has 0 radical (unpaired) electrons. The second-order valence-electron chi connectivity index (χ2n) is 8.75. The molecule has 35 heavy (non-hydrogen) atoms. The zero-order valence-electron chi connectivity index (χ0n) is 19.6. The zero-order chi connectivity index (χ0) is 25.5. The Morgan fingerprint density at radius 1 is 1.20 bits per heavy atom. The number of methoxy groups -OCH3 is 1. The predicted molar refractivity (Wildman–Crippen MR) is 120 cm³/mol. The molecule has 1 aromatic heterocycles. The Morgan fingerprint density at radius 2 is 1.94 bits per heavy atom. The van der Waals surface area contributed by atoms with Gasteiger partial charge in [-0.2, -0.15) is 13.2 Å². The molecule has 1 fully saturated rings. The van der Waals surface area contributed by atoms with E-state index < -0.39 is 35.8 Å². The fourth-order valence-corrected chi connectivity index (χ4v) is 4.27. The summed E-state index contributed by atoms with van der Waals surface area (Å²) in [5.41, 5.74) is 0.605. The van der Waals surface area contributed by atoms with Crippen LogP contribution in [0.1, 0.15) is 55.3 Å². The number of H-pyrrole nitrogens is 1. The van der Waals surface area contributed by atoms with Crippen molar-refractivity contribution in [1.82, 2.24) is 14.9 Å². The van der Waals surface area contributed by atoms with Crippen LogP contribution in [-0.2, 0) is 17.5 Å².